The second-order valence-corrected chi connectivity index (χ2v) is 6.16. The van der Waals surface area contributed by atoms with Gasteiger partial charge in [0.2, 0.25) is 5.95 Å². The highest BCUT2D eigenvalue weighted by atomic mass is 16.4. The van der Waals surface area contributed by atoms with Gasteiger partial charge in [0, 0.05) is 31.9 Å². The molecular formula is C15H16N6O3. The molecule has 0 bridgehead atoms. The number of nitrogens with zero attached hydrogens (tertiary/aromatic N) is 5. The highest BCUT2D eigenvalue weighted by Crippen LogP contribution is 2.32. The lowest BCUT2D eigenvalue weighted by molar-refractivity contribution is 0.152. The second kappa shape index (κ2) is 5.29. The van der Waals surface area contributed by atoms with Crippen LogP contribution in [0.2, 0.25) is 0 Å². The van der Waals surface area contributed by atoms with Crippen molar-refractivity contribution < 1.29 is 9.90 Å². The predicted molar refractivity (Wildman–Crippen MR) is 84.7 cm³/mol. The summed E-state index contributed by atoms with van der Waals surface area (Å²) in [6.07, 6.45) is 3.48. The summed E-state index contributed by atoms with van der Waals surface area (Å²) in [5.74, 6) is 0.467. The molecule has 2 aromatic rings. The molecule has 2 aliphatic rings. The lowest BCUT2D eigenvalue weighted by Crippen LogP contribution is -2.48. The van der Waals surface area contributed by atoms with Crippen LogP contribution >= 0.6 is 0 Å². The maximum Gasteiger partial charge on any atom is 0.407 e. The number of amides is 1. The molecular weight excluding hydrogens is 312 g/mol. The van der Waals surface area contributed by atoms with Crippen molar-refractivity contribution in [1.82, 2.24) is 24.4 Å². The Bertz CT molecular complexity index is 852. The number of anilines is 1. The van der Waals surface area contributed by atoms with Gasteiger partial charge in [-0.15, -0.1) is 0 Å². The first-order chi connectivity index (χ1) is 11.6. The molecule has 9 nitrogen and oxygen atoms in total. The van der Waals surface area contributed by atoms with Gasteiger partial charge in [-0.1, -0.05) is 0 Å². The van der Waals surface area contributed by atoms with Crippen molar-refractivity contribution in [3.63, 3.8) is 0 Å². The Morgan fingerprint density at radius 1 is 1.29 bits per heavy atom. The van der Waals surface area contributed by atoms with E-state index in [0.717, 1.165) is 0 Å². The van der Waals surface area contributed by atoms with Crippen molar-refractivity contribution in [3.8, 4) is 11.4 Å². The number of hydrogen-bond acceptors (Lipinski definition) is 6. The molecule has 2 aliphatic heterocycles. The molecule has 1 saturated heterocycles. The van der Waals surface area contributed by atoms with Gasteiger partial charge in [0.15, 0.2) is 0 Å². The first-order valence-corrected chi connectivity index (χ1v) is 7.71. The third-order valence-corrected chi connectivity index (χ3v) is 4.67. The molecule has 124 valence electrons. The van der Waals surface area contributed by atoms with Crippen LogP contribution in [0.1, 0.15) is 12.8 Å². The minimum absolute atomic E-state index is 0.149. The van der Waals surface area contributed by atoms with Crippen LogP contribution in [0.25, 0.3) is 11.4 Å². The van der Waals surface area contributed by atoms with Crippen molar-refractivity contribution in [2.24, 2.45) is 0 Å². The lowest BCUT2D eigenvalue weighted by atomic mass is 9.93. The van der Waals surface area contributed by atoms with Crippen molar-refractivity contribution in [2.45, 2.75) is 24.9 Å². The number of rotatable bonds is 1. The van der Waals surface area contributed by atoms with E-state index in [2.05, 4.69) is 20.3 Å². The summed E-state index contributed by atoms with van der Waals surface area (Å²) in [5.41, 5.74) is 0.545. The molecule has 2 aromatic heterocycles. The quantitative estimate of drug-likeness (QED) is 0.789. The number of carboxylic acid groups (broad SMARTS) is 1. The summed E-state index contributed by atoms with van der Waals surface area (Å²) >= 11 is 0. The van der Waals surface area contributed by atoms with E-state index in [9.17, 15) is 14.7 Å². The Balaban J connectivity index is 1.69. The molecule has 24 heavy (non-hydrogen) atoms. The number of fused-ring (bicyclic) bond motifs is 1. The molecule has 1 unspecified atom stereocenters. The molecule has 0 aliphatic carbocycles. The summed E-state index contributed by atoms with van der Waals surface area (Å²) in [4.78, 5) is 37.5. The monoisotopic (exact) mass is 328 g/mol. The van der Waals surface area contributed by atoms with E-state index < -0.39 is 6.09 Å². The summed E-state index contributed by atoms with van der Waals surface area (Å²) in [6, 6.07) is 3.16. The molecule has 0 radical (unpaired) electrons. The SMILES string of the molecule is O=C(O)N1CCC2(CCn3c(nc(-c4ccncn4)cc3=O)N2)C1. The zero-order valence-electron chi connectivity index (χ0n) is 12.8. The van der Waals surface area contributed by atoms with Crippen LogP contribution in [0.4, 0.5) is 10.7 Å². The number of likely N-dealkylation sites (tertiary alicyclic amines) is 1. The molecule has 4 rings (SSSR count). The van der Waals surface area contributed by atoms with E-state index in [0.29, 0.717) is 49.8 Å². The fraction of sp³-hybridized carbons (Fsp3) is 0.400. The highest BCUT2D eigenvalue weighted by Gasteiger charge is 2.42. The molecule has 1 amide bonds. The van der Waals surface area contributed by atoms with Crippen LogP contribution in [0, 0.1) is 0 Å². The van der Waals surface area contributed by atoms with Gasteiger partial charge in [-0.3, -0.25) is 9.36 Å². The van der Waals surface area contributed by atoms with Gasteiger partial charge in [-0.2, -0.15) is 0 Å². The van der Waals surface area contributed by atoms with Crippen LogP contribution < -0.4 is 10.9 Å². The topological polar surface area (TPSA) is 113 Å². The fourth-order valence-electron chi connectivity index (χ4n) is 3.36. The Hall–Kier alpha value is -2.97. The van der Waals surface area contributed by atoms with Crippen LogP contribution in [0.3, 0.4) is 0 Å². The summed E-state index contributed by atoms with van der Waals surface area (Å²) in [7, 11) is 0. The zero-order chi connectivity index (χ0) is 16.7. The molecule has 1 atom stereocenters. The zero-order valence-corrected chi connectivity index (χ0v) is 12.8. The minimum Gasteiger partial charge on any atom is -0.465 e. The van der Waals surface area contributed by atoms with Gasteiger partial charge in [0.05, 0.1) is 16.9 Å². The van der Waals surface area contributed by atoms with E-state index in [1.54, 1.807) is 16.8 Å². The number of hydrogen-bond donors (Lipinski definition) is 2. The minimum atomic E-state index is -0.917. The third kappa shape index (κ3) is 2.38. The van der Waals surface area contributed by atoms with Crippen molar-refractivity contribution in [2.75, 3.05) is 18.4 Å². The van der Waals surface area contributed by atoms with Gasteiger partial charge in [-0.25, -0.2) is 19.7 Å². The summed E-state index contributed by atoms with van der Waals surface area (Å²) in [6.45, 7) is 1.40. The Labute approximate surface area is 137 Å². The van der Waals surface area contributed by atoms with Gasteiger partial charge in [0.1, 0.15) is 6.33 Å². The molecule has 9 heteroatoms. The number of nitrogens with one attached hydrogen (secondary N) is 1. The summed E-state index contributed by atoms with van der Waals surface area (Å²) < 4.78 is 1.58. The third-order valence-electron chi connectivity index (χ3n) is 4.67. The van der Waals surface area contributed by atoms with E-state index in [4.69, 9.17) is 0 Å². The molecule has 0 aromatic carbocycles. The fourth-order valence-corrected chi connectivity index (χ4v) is 3.36. The maximum atomic E-state index is 12.4. The first kappa shape index (κ1) is 14.6. The largest absolute Gasteiger partial charge is 0.465 e. The van der Waals surface area contributed by atoms with E-state index in [1.807, 2.05) is 0 Å². The smallest absolute Gasteiger partial charge is 0.407 e. The van der Waals surface area contributed by atoms with Crippen molar-refractivity contribution in [1.29, 1.82) is 0 Å². The van der Waals surface area contributed by atoms with Crippen LogP contribution in [0.5, 0.6) is 0 Å². The Morgan fingerprint density at radius 2 is 2.12 bits per heavy atom. The molecule has 1 fully saturated rings. The van der Waals surface area contributed by atoms with E-state index in [-0.39, 0.29) is 11.1 Å². The molecule has 1 spiro atoms. The van der Waals surface area contributed by atoms with Crippen LogP contribution in [-0.2, 0) is 6.54 Å². The van der Waals surface area contributed by atoms with Gasteiger partial charge >= 0.3 is 6.09 Å². The Kier molecular flexibility index (Phi) is 3.22. The lowest BCUT2D eigenvalue weighted by Gasteiger charge is -2.36. The normalized spacial score (nSPS) is 22.2. The summed E-state index contributed by atoms with van der Waals surface area (Å²) in [5, 5.41) is 12.5. The average molecular weight is 328 g/mol. The van der Waals surface area contributed by atoms with Gasteiger partial charge in [0.25, 0.3) is 5.56 Å². The first-order valence-electron chi connectivity index (χ1n) is 7.71. The van der Waals surface area contributed by atoms with E-state index in [1.165, 1.54) is 17.3 Å². The van der Waals surface area contributed by atoms with Crippen molar-refractivity contribution >= 4 is 12.0 Å². The standard InChI is InChI=1S/C15H16N6O3/c22-12-7-11(10-1-4-16-9-17-10)18-13-19-15(3-6-21(12)13)2-5-20(8-15)14(23)24/h1,4,7,9H,2-3,5-6,8H2,(H,18,19)(H,23,24). The van der Waals surface area contributed by atoms with Crippen LogP contribution in [-0.4, -0.2) is 54.2 Å². The average Bonchev–Trinajstić information content (AvgIpc) is 2.99. The maximum absolute atomic E-state index is 12.4. The van der Waals surface area contributed by atoms with Gasteiger partial charge < -0.3 is 15.3 Å². The van der Waals surface area contributed by atoms with Crippen molar-refractivity contribution in [3.05, 3.63) is 35.0 Å². The molecule has 4 heterocycles. The number of aromatic nitrogens is 4. The predicted octanol–water partition coefficient (Wildman–Crippen LogP) is 0.638. The van der Waals surface area contributed by atoms with E-state index >= 15 is 0 Å². The number of carbonyl (C=O) groups is 1. The second-order valence-electron chi connectivity index (χ2n) is 6.16. The highest BCUT2D eigenvalue weighted by molar-refractivity contribution is 5.66. The molecule has 2 N–H and O–H groups in total. The van der Waals surface area contributed by atoms with Gasteiger partial charge in [-0.05, 0) is 18.9 Å². The Morgan fingerprint density at radius 3 is 2.83 bits per heavy atom. The molecule has 0 saturated carbocycles. The van der Waals surface area contributed by atoms with Crippen LogP contribution in [0.15, 0.2) is 29.5 Å².